The number of aromatic nitrogens is 1. The van der Waals surface area contributed by atoms with Gasteiger partial charge in [0, 0.05) is 22.5 Å². The van der Waals surface area contributed by atoms with Gasteiger partial charge in [0.2, 0.25) is 0 Å². The number of hydrogen-bond donors (Lipinski definition) is 1. The number of aromatic amines is 1. The fourth-order valence-electron chi connectivity index (χ4n) is 2.92. The molecule has 2 heteroatoms. The van der Waals surface area contributed by atoms with Crippen molar-refractivity contribution >= 4 is 10.9 Å². The number of H-pyrrole nitrogens is 1. The number of rotatable bonds is 3. The molecule has 0 radical (unpaired) electrons. The lowest BCUT2D eigenvalue weighted by atomic mass is 9.91. The molecule has 102 valence electrons. The maximum absolute atomic E-state index is 5.23. The Morgan fingerprint density at radius 2 is 1.70 bits per heavy atom. The summed E-state index contributed by atoms with van der Waals surface area (Å²) in [5, 5.41) is 1.31. The zero-order valence-corrected chi connectivity index (χ0v) is 12.1. The number of benzene rings is 2. The molecule has 0 amide bonds. The van der Waals surface area contributed by atoms with Gasteiger partial charge >= 0.3 is 0 Å². The fraction of sp³-hybridized carbons (Fsp3) is 0.222. The number of nitrogens with one attached hydrogen (secondary N) is 1. The lowest BCUT2D eigenvalue weighted by Crippen LogP contribution is -1.97. The average Bonchev–Trinajstić information content (AvgIpc) is 2.82. The van der Waals surface area contributed by atoms with Gasteiger partial charge in [-0.05, 0) is 36.2 Å². The summed E-state index contributed by atoms with van der Waals surface area (Å²) in [7, 11) is 1.70. The molecule has 3 aromatic rings. The molecule has 0 saturated carbocycles. The minimum atomic E-state index is 0.358. The minimum absolute atomic E-state index is 0.358. The van der Waals surface area contributed by atoms with Crippen LogP contribution in [0.15, 0.2) is 48.5 Å². The molecular formula is C18H19NO. The van der Waals surface area contributed by atoms with E-state index in [1.165, 1.54) is 27.7 Å². The second-order valence-corrected chi connectivity index (χ2v) is 5.20. The molecule has 3 rings (SSSR count). The van der Waals surface area contributed by atoms with Gasteiger partial charge in [-0.25, -0.2) is 0 Å². The van der Waals surface area contributed by atoms with Crippen molar-refractivity contribution in [2.24, 2.45) is 0 Å². The largest absolute Gasteiger partial charge is 0.497 e. The summed E-state index contributed by atoms with van der Waals surface area (Å²) in [6.07, 6.45) is 0. The summed E-state index contributed by atoms with van der Waals surface area (Å²) >= 11 is 0. The van der Waals surface area contributed by atoms with E-state index in [2.05, 4.69) is 55.2 Å². The highest BCUT2D eigenvalue weighted by Gasteiger charge is 2.16. The Balaban J connectivity index is 2.07. The van der Waals surface area contributed by atoms with Crippen LogP contribution < -0.4 is 4.74 Å². The summed E-state index contributed by atoms with van der Waals surface area (Å²) in [6, 6.07) is 16.8. The third kappa shape index (κ3) is 2.07. The summed E-state index contributed by atoms with van der Waals surface area (Å²) in [5.74, 6) is 1.26. The highest BCUT2D eigenvalue weighted by Crippen LogP contribution is 2.33. The number of fused-ring (bicyclic) bond motifs is 1. The van der Waals surface area contributed by atoms with Crippen LogP contribution in [0.3, 0.4) is 0 Å². The molecule has 2 nitrogen and oxygen atoms in total. The molecule has 0 aliphatic rings. The summed E-state index contributed by atoms with van der Waals surface area (Å²) in [4.78, 5) is 3.48. The molecule has 20 heavy (non-hydrogen) atoms. The molecule has 1 N–H and O–H groups in total. The normalized spacial score (nSPS) is 12.6. The second-order valence-electron chi connectivity index (χ2n) is 5.20. The van der Waals surface area contributed by atoms with Gasteiger partial charge in [0.15, 0.2) is 0 Å². The van der Waals surface area contributed by atoms with Gasteiger partial charge in [-0.2, -0.15) is 0 Å². The van der Waals surface area contributed by atoms with Crippen LogP contribution in [-0.4, -0.2) is 12.1 Å². The molecule has 1 aromatic heterocycles. The van der Waals surface area contributed by atoms with Crippen LogP contribution in [0, 0.1) is 6.92 Å². The van der Waals surface area contributed by atoms with Gasteiger partial charge in [-0.3, -0.25) is 0 Å². The molecule has 0 bridgehead atoms. The topological polar surface area (TPSA) is 25.0 Å². The Morgan fingerprint density at radius 3 is 2.40 bits per heavy atom. The minimum Gasteiger partial charge on any atom is -0.497 e. The third-order valence-electron chi connectivity index (χ3n) is 3.99. The van der Waals surface area contributed by atoms with Gasteiger partial charge in [-0.15, -0.1) is 0 Å². The first-order valence-electron chi connectivity index (χ1n) is 6.92. The van der Waals surface area contributed by atoms with Crippen molar-refractivity contribution in [1.82, 2.24) is 4.98 Å². The van der Waals surface area contributed by atoms with E-state index in [-0.39, 0.29) is 0 Å². The monoisotopic (exact) mass is 265 g/mol. The van der Waals surface area contributed by atoms with E-state index in [4.69, 9.17) is 4.74 Å². The van der Waals surface area contributed by atoms with Crippen molar-refractivity contribution in [1.29, 1.82) is 0 Å². The zero-order valence-electron chi connectivity index (χ0n) is 12.1. The van der Waals surface area contributed by atoms with Gasteiger partial charge in [0.1, 0.15) is 5.75 Å². The first-order chi connectivity index (χ1) is 9.70. The van der Waals surface area contributed by atoms with Crippen LogP contribution in [0.2, 0.25) is 0 Å². The predicted molar refractivity (Wildman–Crippen MR) is 83.5 cm³/mol. The Labute approximate surface area is 119 Å². The van der Waals surface area contributed by atoms with Crippen LogP contribution in [0.1, 0.15) is 29.7 Å². The standard InChI is InChI=1S/C18H19NO/c1-12(14-8-10-15(20-3)11-9-14)18-13(2)19-17-7-5-4-6-16(17)18/h4-12,19H,1-3H3. The van der Waals surface area contributed by atoms with Crippen LogP contribution in [0.5, 0.6) is 5.75 Å². The fourth-order valence-corrected chi connectivity index (χ4v) is 2.92. The van der Waals surface area contributed by atoms with Crippen molar-refractivity contribution in [2.45, 2.75) is 19.8 Å². The Morgan fingerprint density at radius 1 is 1.00 bits per heavy atom. The van der Waals surface area contributed by atoms with Crippen LogP contribution in [0.25, 0.3) is 10.9 Å². The molecule has 1 heterocycles. The highest BCUT2D eigenvalue weighted by atomic mass is 16.5. The van der Waals surface area contributed by atoms with Gasteiger partial charge in [0.05, 0.1) is 7.11 Å². The van der Waals surface area contributed by atoms with Crippen molar-refractivity contribution in [3.8, 4) is 5.75 Å². The third-order valence-corrected chi connectivity index (χ3v) is 3.99. The molecule has 1 unspecified atom stereocenters. The molecule has 0 aliphatic heterocycles. The SMILES string of the molecule is COc1ccc(C(C)c2c(C)[nH]c3ccccc23)cc1. The molecule has 2 aromatic carbocycles. The quantitative estimate of drug-likeness (QED) is 0.733. The smallest absolute Gasteiger partial charge is 0.118 e. The predicted octanol–water partition coefficient (Wildman–Crippen LogP) is 4.64. The van der Waals surface area contributed by atoms with E-state index >= 15 is 0 Å². The van der Waals surface area contributed by atoms with Crippen molar-refractivity contribution in [3.05, 3.63) is 65.4 Å². The summed E-state index contributed by atoms with van der Waals surface area (Å²) < 4.78 is 5.23. The van der Waals surface area contributed by atoms with E-state index < -0.39 is 0 Å². The molecule has 1 atom stereocenters. The molecular weight excluding hydrogens is 246 g/mol. The van der Waals surface area contributed by atoms with E-state index in [0.717, 1.165) is 5.75 Å². The van der Waals surface area contributed by atoms with Crippen molar-refractivity contribution in [3.63, 3.8) is 0 Å². The van der Waals surface area contributed by atoms with E-state index in [1.54, 1.807) is 7.11 Å². The van der Waals surface area contributed by atoms with Crippen LogP contribution >= 0.6 is 0 Å². The van der Waals surface area contributed by atoms with E-state index in [1.807, 2.05) is 12.1 Å². The van der Waals surface area contributed by atoms with E-state index in [0.29, 0.717) is 5.92 Å². The summed E-state index contributed by atoms with van der Waals surface area (Å²) in [6.45, 7) is 4.40. The number of ether oxygens (including phenoxy) is 1. The van der Waals surface area contributed by atoms with Crippen molar-refractivity contribution < 1.29 is 4.74 Å². The second kappa shape index (κ2) is 5.04. The maximum atomic E-state index is 5.23. The van der Waals surface area contributed by atoms with Crippen LogP contribution in [-0.2, 0) is 0 Å². The van der Waals surface area contributed by atoms with Gasteiger partial charge in [-0.1, -0.05) is 37.3 Å². The summed E-state index contributed by atoms with van der Waals surface area (Å²) in [5.41, 5.74) is 5.14. The molecule has 0 fully saturated rings. The number of aryl methyl sites for hydroxylation is 1. The average molecular weight is 265 g/mol. The molecule has 0 saturated heterocycles. The lowest BCUT2D eigenvalue weighted by molar-refractivity contribution is 0.414. The van der Waals surface area contributed by atoms with Gasteiger partial charge in [0.25, 0.3) is 0 Å². The van der Waals surface area contributed by atoms with Crippen molar-refractivity contribution in [2.75, 3.05) is 7.11 Å². The molecule has 0 aliphatic carbocycles. The van der Waals surface area contributed by atoms with E-state index in [9.17, 15) is 0 Å². The van der Waals surface area contributed by atoms with Crippen LogP contribution in [0.4, 0.5) is 0 Å². The molecule has 0 spiro atoms. The highest BCUT2D eigenvalue weighted by molar-refractivity contribution is 5.85. The first-order valence-corrected chi connectivity index (χ1v) is 6.92. The Kier molecular flexibility index (Phi) is 3.23. The number of methoxy groups -OCH3 is 1. The lowest BCUT2D eigenvalue weighted by Gasteiger charge is -2.13. The zero-order chi connectivity index (χ0) is 14.1. The Bertz CT molecular complexity index is 725. The Hall–Kier alpha value is -2.22. The number of hydrogen-bond acceptors (Lipinski definition) is 1. The number of para-hydroxylation sites is 1. The van der Waals surface area contributed by atoms with Gasteiger partial charge < -0.3 is 9.72 Å². The maximum Gasteiger partial charge on any atom is 0.118 e. The first kappa shape index (κ1) is 12.8.